The average molecular weight is 483 g/mol. The van der Waals surface area contributed by atoms with E-state index in [9.17, 15) is 18.8 Å². The Morgan fingerprint density at radius 3 is 2.68 bits per heavy atom. The van der Waals surface area contributed by atoms with E-state index in [1.165, 1.54) is 30.4 Å². The van der Waals surface area contributed by atoms with Gasteiger partial charge >= 0.3 is 0 Å². The maximum absolute atomic E-state index is 14.2. The topological polar surface area (TPSA) is 83.4 Å². The zero-order valence-corrected chi connectivity index (χ0v) is 20.0. The summed E-state index contributed by atoms with van der Waals surface area (Å²) in [6.45, 7) is 3.60. The molecule has 3 amide bonds. The molecule has 5 rings (SSSR count). The molecule has 2 aliphatic rings. The summed E-state index contributed by atoms with van der Waals surface area (Å²) in [6.07, 6.45) is 4.03. The Hall–Kier alpha value is -3.20. The van der Waals surface area contributed by atoms with Gasteiger partial charge in [0.2, 0.25) is 11.8 Å². The van der Waals surface area contributed by atoms with Gasteiger partial charge in [0.1, 0.15) is 17.1 Å². The zero-order valence-electron chi connectivity index (χ0n) is 19.2. The number of rotatable bonds is 5. The Morgan fingerprint density at radius 2 is 2.00 bits per heavy atom. The second-order valence-corrected chi connectivity index (χ2v) is 10.4. The molecular formula is C25H27FN4O3S. The third-order valence-corrected chi connectivity index (χ3v) is 7.77. The van der Waals surface area contributed by atoms with E-state index >= 15 is 0 Å². The molecular weight excluding hydrogens is 455 g/mol. The number of hydrogen-bond acceptors (Lipinski definition) is 4. The number of carbonyl (C=O) groups is 3. The minimum atomic E-state index is -1.16. The third kappa shape index (κ3) is 3.77. The SMILES string of the molecule is CC(=O)Nc1c2n(c3ccc(F)cc13)C[C@@](C)(C(=O)NC1CCCC1)N(Cc1cccs1)C2=O. The number of thiophene rings is 1. The maximum Gasteiger partial charge on any atom is 0.273 e. The van der Waals surface area contributed by atoms with Crippen LogP contribution in [0.15, 0.2) is 35.7 Å². The summed E-state index contributed by atoms with van der Waals surface area (Å²) in [5.74, 6) is -1.39. The van der Waals surface area contributed by atoms with E-state index in [-0.39, 0.29) is 48.2 Å². The van der Waals surface area contributed by atoms with E-state index in [2.05, 4.69) is 10.6 Å². The monoisotopic (exact) mass is 482 g/mol. The third-order valence-electron chi connectivity index (χ3n) is 6.91. The van der Waals surface area contributed by atoms with E-state index in [1.807, 2.05) is 17.5 Å². The van der Waals surface area contributed by atoms with Crippen LogP contribution in [0, 0.1) is 5.82 Å². The van der Waals surface area contributed by atoms with Crippen molar-refractivity contribution in [2.45, 2.75) is 64.2 Å². The summed E-state index contributed by atoms with van der Waals surface area (Å²) >= 11 is 1.52. The first kappa shape index (κ1) is 22.6. The molecule has 0 bridgehead atoms. The van der Waals surface area contributed by atoms with Crippen LogP contribution in [0.1, 0.15) is 54.9 Å². The zero-order chi connectivity index (χ0) is 24.0. The van der Waals surface area contributed by atoms with Crippen LogP contribution in [-0.2, 0) is 22.7 Å². The molecule has 2 aromatic heterocycles. The van der Waals surface area contributed by atoms with Crippen LogP contribution in [0.25, 0.3) is 10.9 Å². The molecule has 9 heteroatoms. The smallest absolute Gasteiger partial charge is 0.273 e. The van der Waals surface area contributed by atoms with Crippen molar-refractivity contribution in [3.05, 3.63) is 52.1 Å². The Bertz CT molecular complexity index is 1280. The van der Waals surface area contributed by atoms with Gasteiger partial charge in [-0.3, -0.25) is 14.4 Å². The lowest BCUT2D eigenvalue weighted by Crippen LogP contribution is -2.64. The highest BCUT2D eigenvalue weighted by atomic mass is 32.1. The predicted octanol–water partition coefficient (Wildman–Crippen LogP) is 4.27. The van der Waals surface area contributed by atoms with Crippen LogP contribution < -0.4 is 10.6 Å². The van der Waals surface area contributed by atoms with Gasteiger partial charge in [-0.25, -0.2) is 4.39 Å². The molecule has 34 heavy (non-hydrogen) atoms. The van der Waals surface area contributed by atoms with Crippen molar-refractivity contribution in [1.82, 2.24) is 14.8 Å². The summed E-state index contributed by atoms with van der Waals surface area (Å²) in [4.78, 5) is 42.3. The van der Waals surface area contributed by atoms with Crippen LogP contribution in [0.3, 0.4) is 0 Å². The fourth-order valence-electron chi connectivity index (χ4n) is 5.17. The number of fused-ring (bicyclic) bond motifs is 3. The minimum Gasteiger partial charge on any atom is -0.351 e. The summed E-state index contributed by atoms with van der Waals surface area (Å²) in [6, 6.07) is 8.19. The first-order chi connectivity index (χ1) is 16.3. The first-order valence-electron chi connectivity index (χ1n) is 11.5. The molecule has 2 N–H and O–H groups in total. The number of aromatic nitrogens is 1. The highest BCUT2D eigenvalue weighted by Crippen LogP contribution is 2.40. The molecule has 0 unspecified atom stereocenters. The molecule has 1 aliphatic carbocycles. The lowest BCUT2D eigenvalue weighted by molar-refractivity contribution is -0.133. The van der Waals surface area contributed by atoms with Gasteiger partial charge in [0.25, 0.3) is 5.91 Å². The van der Waals surface area contributed by atoms with E-state index in [0.717, 1.165) is 30.6 Å². The highest BCUT2D eigenvalue weighted by molar-refractivity contribution is 7.09. The van der Waals surface area contributed by atoms with Gasteiger partial charge in [0.15, 0.2) is 0 Å². The molecule has 3 heterocycles. The summed E-state index contributed by atoms with van der Waals surface area (Å²) < 4.78 is 15.9. The molecule has 1 fully saturated rings. The fraction of sp³-hybridized carbons (Fsp3) is 0.400. The molecule has 0 spiro atoms. The number of benzene rings is 1. The van der Waals surface area contributed by atoms with Crippen LogP contribution in [-0.4, -0.2) is 38.8 Å². The standard InChI is InChI=1S/C25H27FN4O3S/c1-15(31)27-21-19-12-16(26)9-10-20(19)29-14-25(2,24(33)28-17-6-3-4-7-17)30(23(32)22(21)29)13-18-8-5-11-34-18/h5,8-12,17H,3-4,6-7,13-14H2,1-2H3,(H,27,31)(H,28,33)/t25-/m0/s1. The summed E-state index contributed by atoms with van der Waals surface area (Å²) in [5.41, 5.74) is -0.0195. The Labute approximate surface area is 200 Å². The van der Waals surface area contributed by atoms with Crippen molar-refractivity contribution >= 4 is 45.6 Å². The van der Waals surface area contributed by atoms with Crippen molar-refractivity contribution in [2.24, 2.45) is 0 Å². The first-order valence-corrected chi connectivity index (χ1v) is 12.4. The number of halogens is 1. The maximum atomic E-state index is 14.2. The molecule has 1 aromatic carbocycles. The van der Waals surface area contributed by atoms with E-state index in [1.54, 1.807) is 22.5 Å². The second kappa shape index (κ2) is 8.54. The Kier molecular flexibility index (Phi) is 5.67. The number of amides is 3. The van der Waals surface area contributed by atoms with Gasteiger partial charge < -0.3 is 20.1 Å². The highest BCUT2D eigenvalue weighted by Gasteiger charge is 2.49. The van der Waals surface area contributed by atoms with Crippen molar-refractivity contribution in [3.8, 4) is 0 Å². The largest absolute Gasteiger partial charge is 0.351 e. The Balaban J connectivity index is 1.65. The Morgan fingerprint density at radius 1 is 1.24 bits per heavy atom. The molecule has 1 aliphatic heterocycles. The van der Waals surface area contributed by atoms with Gasteiger partial charge in [-0.15, -0.1) is 11.3 Å². The number of nitrogens with zero attached hydrogens (tertiary/aromatic N) is 2. The van der Waals surface area contributed by atoms with Gasteiger partial charge in [0, 0.05) is 23.2 Å². The van der Waals surface area contributed by atoms with Gasteiger partial charge in [-0.05, 0) is 49.4 Å². The van der Waals surface area contributed by atoms with E-state index in [0.29, 0.717) is 10.9 Å². The predicted molar refractivity (Wildman–Crippen MR) is 129 cm³/mol. The lowest BCUT2D eigenvalue weighted by Gasteiger charge is -2.44. The minimum absolute atomic E-state index is 0.106. The van der Waals surface area contributed by atoms with E-state index in [4.69, 9.17) is 0 Å². The average Bonchev–Trinajstić information content (AvgIpc) is 3.53. The summed E-state index contributed by atoms with van der Waals surface area (Å²) in [7, 11) is 0. The molecule has 1 atom stereocenters. The lowest BCUT2D eigenvalue weighted by atomic mass is 9.93. The molecule has 178 valence electrons. The number of carbonyl (C=O) groups excluding carboxylic acids is 3. The molecule has 7 nitrogen and oxygen atoms in total. The van der Waals surface area contributed by atoms with Crippen LogP contribution in [0.2, 0.25) is 0 Å². The second-order valence-electron chi connectivity index (χ2n) is 9.35. The van der Waals surface area contributed by atoms with Crippen molar-refractivity contribution in [2.75, 3.05) is 5.32 Å². The van der Waals surface area contributed by atoms with Crippen LogP contribution in [0.4, 0.5) is 10.1 Å². The quantitative estimate of drug-likeness (QED) is 0.570. The van der Waals surface area contributed by atoms with Crippen molar-refractivity contribution in [3.63, 3.8) is 0 Å². The van der Waals surface area contributed by atoms with Gasteiger partial charge in [-0.2, -0.15) is 0 Å². The van der Waals surface area contributed by atoms with Crippen LogP contribution in [0.5, 0.6) is 0 Å². The molecule has 3 aromatic rings. The number of nitrogens with one attached hydrogen (secondary N) is 2. The van der Waals surface area contributed by atoms with Crippen LogP contribution >= 0.6 is 11.3 Å². The van der Waals surface area contributed by atoms with Crippen molar-refractivity contribution < 1.29 is 18.8 Å². The normalized spacial score (nSPS) is 20.6. The molecule has 0 radical (unpaired) electrons. The fourth-order valence-corrected chi connectivity index (χ4v) is 5.86. The number of hydrogen-bond donors (Lipinski definition) is 2. The molecule has 1 saturated carbocycles. The van der Waals surface area contributed by atoms with Gasteiger partial charge in [0.05, 0.1) is 24.3 Å². The van der Waals surface area contributed by atoms with Gasteiger partial charge in [-0.1, -0.05) is 18.9 Å². The van der Waals surface area contributed by atoms with Crippen molar-refractivity contribution in [1.29, 1.82) is 0 Å². The molecule has 0 saturated heterocycles. The summed E-state index contributed by atoms with van der Waals surface area (Å²) in [5, 5.41) is 8.28. The number of anilines is 1. The van der Waals surface area contributed by atoms with E-state index < -0.39 is 11.4 Å².